The summed E-state index contributed by atoms with van der Waals surface area (Å²) in [4.78, 5) is 4.44. The number of hydrogen-bond donors (Lipinski definition) is 1. The maximum atomic E-state index is 6.08. The Balaban J connectivity index is 1.73. The van der Waals surface area contributed by atoms with E-state index in [0.29, 0.717) is 24.4 Å². The fourth-order valence-electron chi connectivity index (χ4n) is 2.49. The molecule has 2 aromatic rings. The first-order chi connectivity index (χ1) is 10.1. The molecule has 3 rings (SSSR count). The van der Waals surface area contributed by atoms with Crippen LogP contribution in [0.3, 0.4) is 0 Å². The van der Waals surface area contributed by atoms with Crippen LogP contribution < -0.4 is 5.73 Å². The molecule has 1 aliphatic carbocycles. The summed E-state index contributed by atoms with van der Waals surface area (Å²) in [6.07, 6.45) is 3.87. The number of hydrogen-bond acceptors (Lipinski definition) is 5. The van der Waals surface area contributed by atoms with Crippen molar-refractivity contribution in [2.24, 2.45) is 5.73 Å². The predicted octanol–water partition coefficient (Wildman–Crippen LogP) is 2.92. The lowest BCUT2D eigenvalue weighted by atomic mass is 9.96. The Morgan fingerprint density at radius 3 is 2.67 bits per heavy atom. The molecule has 2 N–H and O–H groups in total. The SMILES string of the molecule is Cc1cccc(C)c1-c1nc(C(N)COC2CCC2)no1. The van der Waals surface area contributed by atoms with Gasteiger partial charge in [-0.2, -0.15) is 4.98 Å². The molecule has 0 bridgehead atoms. The minimum atomic E-state index is -0.340. The Morgan fingerprint density at radius 2 is 2.05 bits per heavy atom. The quantitative estimate of drug-likeness (QED) is 0.915. The summed E-state index contributed by atoms with van der Waals surface area (Å²) in [5.74, 6) is 1.03. The molecule has 1 unspecified atom stereocenters. The van der Waals surface area contributed by atoms with E-state index >= 15 is 0 Å². The molecule has 0 saturated heterocycles. The van der Waals surface area contributed by atoms with E-state index in [0.717, 1.165) is 29.5 Å². The van der Waals surface area contributed by atoms with Crippen LogP contribution in [0.1, 0.15) is 42.3 Å². The van der Waals surface area contributed by atoms with Gasteiger partial charge in [-0.1, -0.05) is 23.4 Å². The van der Waals surface area contributed by atoms with Crippen molar-refractivity contribution in [1.82, 2.24) is 10.1 Å². The Labute approximate surface area is 124 Å². The van der Waals surface area contributed by atoms with Gasteiger partial charge in [0, 0.05) is 5.56 Å². The van der Waals surface area contributed by atoms with Crippen molar-refractivity contribution >= 4 is 0 Å². The largest absolute Gasteiger partial charge is 0.376 e. The van der Waals surface area contributed by atoms with E-state index in [2.05, 4.69) is 10.1 Å². The summed E-state index contributed by atoms with van der Waals surface area (Å²) in [5, 5.41) is 4.01. The summed E-state index contributed by atoms with van der Waals surface area (Å²) in [5.41, 5.74) is 9.30. The van der Waals surface area contributed by atoms with Crippen LogP contribution in [0.5, 0.6) is 0 Å². The van der Waals surface area contributed by atoms with E-state index in [1.54, 1.807) is 0 Å². The van der Waals surface area contributed by atoms with E-state index in [1.807, 2.05) is 32.0 Å². The van der Waals surface area contributed by atoms with Crippen LogP contribution in [0.4, 0.5) is 0 Å². The topological polar surface area (TPSA) is 74.2 Å². The third-order valence-corrected chi connectivity index (χ3v) is 4.03. The molecule has 0 spiro atoms. The van der Waals surface area contributed by atoms with Crippen LogP contribution >= 0.6 is 0 Å². The second-order valence-electron chi connectivity index (χ2n) is 5.72. The third kappa shape index (κ3) is 2.99. The number of nitrogens with two attached hydrogens (primary N) is 1. The zero-order chi connectivity index (χ0) is 14.8. The van der Waals surface area contributed by atoms with Crippen LogP contribution in [-0.2, 0) is 4.74 Å². The lowest BCUT2D eigenvalue weighted by molar-refractivity contribution is -0.00549. The summed E-state index contributed by atoms with van der Waals surface area (Å²) < 4.78 is 11.1. The van der Waals surface area contributed by atoms with Gasteiger partial charge in [0.2, 0.25) is 0 Å². The zero-order valence-electron chi connectivity index (χ0n) is 12.5. The third-order valence-electron chi connectivity index (χ3n) is 4.03. The van der Waals surface area contributed by atoms with E-state index in [4.69, 9.17) is 15.0 Å². The highest BCUT2D eigenvalue weighted by Gasteiger charge is 2.22. The zero-order valence-corrected chi connectivity index (χ0v) is 12.5. The van der Waals surface area contributed by atoms with Crippen LogP contribution in [0, 0.1) is 13.8 Å². The number of aromatic nitrogens is 2. The van der Waals surface area contributed by atoms with Gasteiger partial charge in [0.15, 0.2) is 5.82 Å². The summed E-state index contributed by atoms with van der Waals surface area (Å²) in [6, 6.07) is 5.74. The minimum absolute atomic E-state index is 0.340. The van der Waals surface area contributed by atoms with Crippen molar-refractivity contribution in [2.45, 2.75) is 45.3 Å². The fraction of sp³-hybridized carbons (Fsp3) is 0.500. The van der Waals surface area contributed by atoms with Gasteiger partial charge in [0.1, 0.15) is 0 Å². The van der Waals surface area contributed by atoms with Crippen LogP contribution in [-0.4, -0.2) is 22.9 Å². The number of benzene rings is 1. The molecule has 5 heteroatoms. The van der Waals surface area contributed by atoms with Crippen LogP contribution in [0.25, 0.3) is 11.5 Å². The Hall–Kier alpha value is -1.72. The number of aryl methyl sites for hydroxylation is 2. The molecule has 0 amide bonds. The number of ether oxygens (including phenoxy) is 1. The molecule has 1 aromatic heterocycles. The molecular formula is C16H21N3O2. The van der Waals surface area contributed by atoms with Crippen molar-refractivity contribution in [3.63, 3.8) is 0 Å². The minimum Gasteiger partial charge on any atom is -0.376 e. The highest BCUT2D eigenvalue weighted by Crippen LogP contribution is 2.27. The van der Waals surface area contributed by atoms with Crippen LogP contribution in [0.15, 0.2) is 22.7 Å². The predicted molar refractivity (Wildman–Crippen MR) is 79.7 cm³/mol. The van der Waals surface area contributed by atoms with Crippen molar-refractivity contribution in [3.8, 4) is 11.5 Å². The lowest BCUT2D eigenvalue weighted by Gasteiger charge is -2.26. The van der Waals surface area contributed by atoms with Gasteiger partial charge in [-0.25, -0.2) is 0 Å². The summed E-state index contributed by atoms with van der Waals surface area (Å²) in [6.45, 7) is 4.51. The maximum Gasteiger partial charge on any atom is 0.258 e. The first-order valence-electron chi connectivity index (χ1n) is 7.42. The Morgan fingerprint density at radius 1 is 1.33 bits per heavy atom. The first kappa shape index (κ1) is 14.2. The fourth-order valence-corrected chi connectivity index (χ4v) is 2.49. The van der Waals surface area contributed by atoms with Gasteiger partial charge in [-0.15, -0.1) is 0 Å². The average molecular weight is 287 g/mol. The number of nitrogens with zero attached hydrogens (tertiary/aromatic N) is 2. The molecule has 1 aromatic carbocycles. The molecule has 1 atom stereocenters. The average Bonchev–Trinajstić information content (AvgIpc) is 2.86. The van der Waals surface area contributed by atoms with Crippen molar-refractivity contribution < 1.29 is 9.26 Å². The molecule has 0 radical (unpaired) electrons. The monoisotopic (exact) mass is 287 g/mol. The van der Waals surface area contributed by atoms with Gasteiger partial charge >= 0.3 is 0 Å². The van der Waals surface area contributed by atoms with E-state index in [-0.39, 0.29) is 6.04 Å². The normalized spacial score (nSPS) is 16.7. The Bertz CT molecular complexity index is 599. The van der Waals surface area contributed by atoms with Gasteiger partial charge in [-0.3, -0.25) is 0 Å². The van der Waals surface area contributed by atoms with Gasteiger partial charge in [0.25, 0.3) is 5.89 Å². The second kappa shape index (κ2) is 5.95. The maximum absolute atomic E-state index is 6.08. The number of rotatable bonds is 5. The molecule has 5 nitrogen and oxygen atoms in total. The molecule has 1 aliphatic rings. The highest BCUT2D eigenvalue weighted by atomic mass is 16.5. The van der Waals surface area contributed by atoms with Crippen molar-refractivity contribution in [3.05, 3.63) is 35.2 Å². The van der Waals surface area contributed by atoms with E-state index in [1.165, 1.54) is 6.42 Å². The smallest absolute Gasteiger partial charge is 0.258 e. The lowest BCUT2D eigenvalue weighted by Crippen LogP contribution is -2.27. The van der Waals surface area contributed by atoms with E-state index < -0.39 is 0 Å². The first-order valence-corrected chi connectivity index (χ1v) is 7.42. The summed E-state index contributed by atoms with van der Waals surface area (Å²) in [7, 11) is 0. The van der Waals surface area contributed by atoms with E-state index in [9.17, 15) is 0 Å². The van der Waals surface area contributed by atoms with Crippen molar-refractivity contribution in [1.29, 1.82) is 0 Å². The van der Waals surface area contributed by atoms with Gasteiger partial charge < -0.3 is 15.0 Å². The molecule has 0 aliphatic heterocycles. The molecule has 112 valence electrons. The molecule has 1 saturated carbocycles. The highest BCUT2D eigenvalue weighted by molar-refractivity contribution is 5.62. The second-order valence-corrected chi connectivity index (χ2v) is 5.72. The van der Waals surface area contributed by atoms with Gasteiger partial charge in [0.05, 0.1) is 18.8 Å². The molecule has 1 heterocycles. The summed E-state index contributed by atoms with van der Waals surface area (Å²) >= 11 is 0. The van der Waals surface area contributed by atoms with Gasteiger partial charge in [-0.05, 0) is 44.2 Å². The molecule has 21 heavy (non-hydrogen) atoms. The van der Waals surface area contributed by atoms with Crippen LogP contribution in [0.2, 0.25) is 0 Å². The molecular weight excluding hydrogens is 266 g/mol. The van der Waals surface area contributed by atoms with Crippen molar-refractivity contribution in [2.75, 3.05) is 6.61 Å². The Kier molecular flexibility index (Phi) is 4.03. The molecule has 1 fully saturated rings. The standard InChI is InChI=1S/C16H21N3O2/c1-10-5-3-6-11(2)14(10)16-18-15(19-21-16)13(17)9-20-12-7-4-8-12/h3,5-6,12-13H,4,7-9,17H2,1-2H3.